The van der Waals surface area contributed by atoms with Gasteiger partial charge in [-0.1, -0.05) is 0 Å². The Balaban J connectivity index is 1.50. The summed E-state index contributed by atoms with van der Waals surface area (Å²) in [5.41, 5.74) is 1.25. The van der Waals surface area contributed by atoms with Gasteiger partial charge in [0.05, 0.1) is 19.1 Å². The molecule has 1 saturated heterocycles. The first-order chi connectivity index (χ1) is 12.0. The molecule has 1 aliphatic rings. The number of likely N-dealkylation sites (tertiary alicyclic amines) is 1. The molecule has 1 fully saturated rings. The maximum atomic E-state index is 12.4. The van der Waals surface area contributed by atoms with Crippen molar-refractivity contribution >= 4 is 5.91 Å². The highest BCUT2D eigenvalue weighted by molar-refractivity contribution is 5.93. The van der Waals surface area contributed by atoms with Crippen LogP contribution in [0.1, 0.15) is 48.9 Å². The van der Waals surface area contributed by atoms with Crippen molar-refractivity contribution in [3.8, 4) is 11.5 Å². The van der Waals surface area contributed by atoms with Gasteiger partial charge in [0, 0.05) is 26.1 Å². The Labute approximate surface area is 149 Å². The van der Waals surface area contributed by atoms with E-state index in [9.17, 15) is 4.79 Å². The van der Waals surface area contributed by atoms with Crippen LogP contribution in [0.2, 0.25) is 0 Å². The first-order valence-corrected chi connectivity index (χ1v) is 9.28. The van der Waals surface area contributed by atoms with Gasteiger partial charge < -0.3 is 14.6 Å². The number of hydrogen-bond acceptors (Lipinski definition) is 3. The van der Waals surface area contributed by atoms with E-state index >= 15 is 0 Å². The summed E-state index contributed by atoms with van der Waals surface area (Å²) < 4.78 is 7.19. The summed E-state index contributed by atoms with van der Waals surface area (Å²) in [6.45, 7) is 7.33. The highest BCUT2D eigenvalue weighted by Gasteiger charge is 2.21. The summed E-state index contributed by atoms with van der Waals surface area (Å²) in [5, 5.41) is 7.41. The molecule has 1 amide bonds. The Bertz CT molecular complexity index is 719. The van der Waals surface area contributed by atoms with E-state index in [-0.39, 0.29) is 5.91 Å². The summed E-state index contributed by atoms with van der Waals surface area (Å²) in [4.78, 5) is 14.1. The van der Waals surface area contributed by atoms with Crippen molar-refractivity contribution in [2.24, 2.45) is 7.05 Å². The van der Waals surface area contributed by atoms with E-state index in [1.54, 1.807) is 22.7 Å². The predicted octanol–water partition coefficient (Wildman–Crippen LogP) is 1.57. The Morgan fingerprint density at radius 3 is 3.00 bits per heavy atom. The maximum absolute atomic E-state index is 12.4. The normalized spacial score (nSPS) is 20.6. The minimum Gasteiger partial charge on any atom is -0.460 e. The van der Waals surface area contributed by atoms with E-state index in [2.05, 4.69) is 17.3 Å². The Kier molecular flexibility index (Phi) is 5.58. The summed E-state index contributed by atoms with van der Waals surface area (Å²) in [6, 6.07) is 6.31. The van der Waals surface area contributed by atoms with Crippen molar-refractivity contribution in [1.29, 1.82) is 0 Å². The second kappa shape index (κ2) is 7.87. The lowest BCUT2D eigenvalue weighted by molar-refractivity contribution is -0.928. The van der Waals surface area contributed by atoms with Crippen LogP contribution in [0.25, 0.3) is 11.5 Å². The fraction of sp³-hybridized carbons (Fsp3) is 0.579. The lowest BCUT2D eigenvalue weighted by Gasteiger charge is -2.30. The Morgan fingerprint density at radius 1 is 1.44 bits per heavy atom. The molecule has 6 nitrogen and oxygen atoms in total. The number of hydrogen-bond donors (Lipinski definition) is 2. The van der Waals surface area contributed by atoms with Gasteiger partial charge >= 0.3 is 0 Å². The van der Waals surface area contributed by atoms with Crippen LogP contribution in [0.3, 0.4) is 0 Å². The van der Waals surface area contributed by atoms with Crippen LogP contribution in [0, 0.1) is 6.92 Å². The molecular weight excluding hydrogens is 316 g/mol. The number of aryl methyl sites for hydroxylation is 2. The molecule has 1 unspecified atom stereocenters. The molecule has 3 rings (SSSR count). The highest BCUT2D eigenvalue weighted by atomic mass is 16.3. The quantitative estimate of drug-likeness (QED) is 0.781. The van der Waals surface area contributed by atoms with Crippen molar-refractivity contribution in [1.82, 2.24) is 15.1 Å². The zero-order chi connectivity index (χ0) is 17.8. The van der Waals surface area contributed by atoms with Crippen LogP contribution >= 0.6 is 0 Å². The largest absolute Gasteiger partial charge is 0.460 e. The molecule has 0 saturated carbocycles. The number of carbonyl (C=O) groups is 1. The summed E-state index contributed by atoms with van der Waals surface area (Å²) in [7, 11) is 1.79. The third-order valence-corrected chi connectivity index (χ3v) is 5.15. The Hall–Kier alpha value is -2.08. The molecule has 2 atom stereocenters. The summed E-state index contributed by atoms with van der Waals surface area (Å²) in [6.07, 6.45) is 5.02. The maximum Gasteiger partial charge on any atom is 0.269 e. The van der Waals surface area contributed by atoms with Gasteiger partial charge in [0.15, 0.2) is 5.76 Å². The molecule has 6 heteroatoms. The number of quaternary nitrogens is 1. The van der Waals surface area contributed by atoms with Gasteiger partial charge in [-0.25, -0.2) is 0 Å². The van der Waals surface area contributed by atoms with Crippen LogP contribution in [-0.4, -0.2) is 41.4 Å². The van der Waals surface area contributed by atoms with Crippen molar-refractivity contribution in [2.45, 2.75) is 45.6 Å². The van der Waals surface area contributed by atoms with Gasteiger partial charge in [-0.3, -0.25) is 9.48 Å². The van der Waals surface area contributed by atoms with Gasteiger partial charge in [0.25, 0.3) is 5.91 Å². The molecule has 0 aliphatic carbocycles. The van der Waals surface area contributed by atoms with Gasteiger partial charge in [0.1, 0.15) is 17.1 Å². The topological polar surface area (TPSA) is 64.5 Å². The number of carbonyl (C=O) groups excluding carboxylic acids is 1. The molecule has 1 aliphatic heterocycles. The van der Waals surface area contributed by atoms with Gasteiger partial charge in [-0.15, -0.1) is 0 Å². The molecule has 2 N–H and O–H groups in total. The molecule has 0 aromatic carbocycles. The highest BCUT2D eigenvalue weighted by Crippen LogP contribution is 2.21. The minimum absolute atomic E-state index is 0.0776. The van der Waals surface area contributed by atoms with Crippen LogP contribution < -0.4 is 10.2 Å². The van der Waals surface area contributed by atoms with E-state index in [0.29, 0.717) is 23.7 Å². The molecule has 0 bridgehead atoms. The van der Waals surface area contributed by atoms with E-state index in [1.807, 2.05) is 19.1 Å². The van der Waals surface area contributed by atoms with Crippen molar-refractivity contribution < 1.29 is 14.1 Å². The van der Waals surface area contributed by atoms with Crippen molar-refractivity contribution in [2.75, 3.05) is 19.6 Å². The number of nitrogens with one attached hydrogen (secondary N) is 2. The van der Waals surface area contributed by atoms with Crippen LogP contribution in [-0.2, 0) is 7.05 Å². The standard InChI is InChI=1S/C19H28N4O2/c1-14-7-4-5-11-23(14)12-6-10-20-19(24)17-13-16(21-22(17)3)18-9-8-15(2)25-18/h8-9,13-14H,4-7,10-12H2,1-3H3,(H,20,24)/p+1/t14-/m1/s1. The molecule has 136 valence electrons. The van der Waals surface area contributed by atoms with E-state index < -0.39 is 0 Å². The summed E-state index contributed by atoms with van der Waals surface area (Å²) >= 11 is 0. The molecular formula is C19H29N4O2+. The lowest BCUT2D eigenvalue weighted by atomic mass is 10.0. The molecule has 3 heterocycles. The number of rotatable bonds is 6. The second-order valence-electron chi connectivity index (χ2n) is 7.11. The number of piperidine rings is 1. The lowest BCUT2D eigenvalue weighted by Crippen LogP contribution is -3.16. The average molecular weight is 345 g/mol. The summed E-state index contributed by atoms with van der Waals surface area (Å²) in [5.74, 6) is 1.45. The monoisotopic (exact) mass is 345 g/mol. The minimum atomic E-state index is -0.0776. The molecule has 25 heavy (non-hydrogen) atoms. The van der Waals surface area contributed by atoms with Crippen LogP contribution in [0.15, 0.2) is 22.6 Å². The molecule has 0 spiro atoms. The van der Waals surface area contributed by atoms with E-state index in [0.717, 1.165) is 24.8 Å². The third-order valence-electron chi connectivity index (χ3n) is 5.15. The number of nitrogens with zero attached hydrogens (tertiary/aromatic N) is 2. The first-order valence-electron chi connectivity index (χ1n) is 9.28. The van der Waals surface area contributed by atoms with Crippen molar-refractivity contribution in [3.63, 3.8) is 0 Å². The van der Waals surface area contributed by atoms with Gasteiger partial charge in [0.2, 0.25) is 0 Å². The number of aromatic nitrogens is 2. The number of furan rings is 1. The molecule has 0 radical (unpaired) electrons. The predicted molar refractivity (Wildman–Crippen MR) is 96.6 cm³/mol. The average Bonchev–Trinajstić information content (AvgIpc) is 3.19. The molecule has 2 aromatic rings. The smallest absolute Gasteiger partial charge is 0.269 e. The van der Waals surface area contributed by atoms with E-state index in [4.69, 9.17) is 4.42 Å². The number of amides is 1. The molecule has 2 aromatic heterocycles. The van der Waals surface area contributed by atoms with Gasteiger partial charge in [-0.2, -0.15) is 5.10 Å². The third kappa shape index (κ3) is 4.31. The zero-order valence-electron chi connectivity index (χ0n) is 15.5. The fourth-order valence-corrected chi connectivity index (χ4v) is 3.60. The van der Waals surface area contributed by atoms with Crippen molar-refractivity contribution in [3.05, 3.63) is 29.7 Å². The Morgan fingerprint density at radius 2 is 2.28 bits per heavy atom. The fourth-order valence-electron chi connectivity index (χ4n) is 3.60. The van der Waals surface area contributed by atoms with E-state index in [1.165, 1.54) is 25.8 Å². The second-order valence-corrected chi connectivity index (χ2v) is 7.11. The first kappa shape index (κ1) is 17.7. The SMILES string of the molecule is Cc1ccc(-c2cc(C(=O)NCCC[NH+]3CCCC[C@H]3C)n(C)n2)o1. The van der Waals surface area contributed by atoms with Gasteiger partial charge in [-0.05, 0) is 45.2 Å². The zero-order valence-corrected chi connectivity index (χ0v) is 15.5. The van der Waals surface area contributed by atoms with Crippen LogP contribution in [0.5, 0.6) is 0 Å². The van der Waals surface area contributed by atoms with Crippen LogP contribution in [0.4, 0.5) is 0 Å².